The first kappa shape index (κ1) is 21.5. The molecule has 0 radical (unpaired) electrons. The Hall–Kier alpha value is -4.33. The molecule has 0 saturated carbocycles. The van der Waals surface area contributed by atoms with Gasteiger partial charge in [-0.1, -0.05) is 24.3 Å². The number of carbonyl (C=O) groups is 3. The minimum atomic E-state index is -0.937. The van der Waals surface area contributed by atoms with Crippen molar-refractivity contribution in [3.8, 4) is 17.2 Å². The minimum Gasteiger partial charge on any atom is -0.497 e. The van der Waals surface area contributed by atoms with E-state index in [-0.39, 0.29) is 31.6 Å². The number of anilines is 1. The monoisotopic (exact) mass is 458 g/mol. The average Bonchev–Trinajstić information content (AvgIpc) is 3.45. The van der Waals surface area contributed by atoms with E-state index in [2.05, 4.69) is 0 Å². The number of nitrogens with zero attached hydrogens (tertiary/aromatic N) is 2. The number of imide groups is 1. The number of carbonyl (C=O) groups excluding carboxylic acids is 3. The van der Waals surface area contributed by atoms with Crippen LogP contribution in [0, 0.1) is 0 Å². The summed E-state index contributed by atoms with van der Waals surface area (Å²) in [6.07, 6.45) is -0.0970. The van der Waals surface area contributed by atoms with Gasteiger partial charge in [0.2, 0.25) is 12.7 Å². The molecule has 5 rings (SSSR count). The van der Waals surface area contributed by atoms with Gasteiger partial charge in [0, 0.05) is 12.1 Å². The van der Waals surface area contributed by atoms with Crippen LogP contribution >= 0.6 is 0 Å². The van der Waals surface area contributed by atoms with Crippen molar-refractivity contribution in [1.29, 1.82) is 0 Å². The lowest BCUT2D eigenvalue weighted by atomic mass is 10.1. The fraction of sp³-hybridized carbons (Fsp3) is 0.192. The quantitative estimate of drug-likeness (QED) is 0.527. The summed E-state index contributed by atoms with van der Waals surface area (Å²) in [4.78, 5) is 42.5. The van der Waals surface area contributed by atoms with E-state index in [4.69, 9.17) is 14.2 Å². The Morgan fingerprint density at radius 2 is 1.74 bits per heavy atom. The highest BCUT2D eigenvalue weighted by Crippen LogP contribution is 2.34. The maximum Gasteiger partial charge on any atom is 0.257 e. The van der Waals surface area contributed by atoms with Crippen LogP contribution in [0.3, 0.4) is 0 Å². The van der Waals surface area contributed by atoms with Crippen LogP contribution in [0.1, 0.15) is 22.3 Å². The van der Waals surface area contributed by atoms with Gasteiger partial charge in [-0.25, -0.2) is 4.90 Å². The number of ether oxygens (including phenoxy) is 3. The molecule has 0 aromatic heterocycles. The fourth-order valence-electron chi connectivity index (χ4n) is 4.17. The molecule has 3 amide bonds. The lowest BCUT2D eigenvalue weighted by molar-refractivity contribution is -0.122. The summed E-state index contributed by atoms with van der Waals surface area (Å²) in [5.41, 5.74) is 1.63. The van der Waals surface area contributed by atoms with Crippen LogP contribution in [0.5, 0.6) is 17.2 Å². The van der Waals surface area contributed by atoms with Gasteiger partial charge in [-0.3, -0.25) is 14.4 Å². The van der Waals surface area contributed by atoms with Crippen molar-refractivity contribution < 1.29 is 28.6 Å². The zero-order valence-corrected chi connectivity index (χ0v) is 18.5. The summed E-state index contributed by atoms with van der Waals surface area (Å²) in [6.45, 7) is 0.253. The molecule has 2 aliphatic heterocycles. The maximum atomic E-state index is 13.6. The molecule has 8 nitrogen and oxygen atoms in total. The number of fused-ring (bicyclic) bond motifs is 1. The molecule has 0 aliphatic carbocycles. The molecule has 34 heavy (non-hydrogen) atoms. The first-order valence-electron chi connectivity index (χ1n) is 10.8. The van der Waals surface area contributed by atoms with Gasteiger partial charge in [-0.05, 0) is 54.1 Å². The topological polar surface area (TPSA) is 85.4 Å². The van der Waals surface area contributed by atoms with Gasteiger partial charge in [-0.2, -0.15) is 0 Å². The fourth-order valence-corrected chi connectivity index (χ4v) is 4.17. The minimum absolute atomic E-state index is 0.0970. The van der Waals surface area contributed by atoms with Crippen molar-refractivity contribution in [3.63, 3.8) is 0 Å². The zero-order chi connectivity index (χ0) is 23.7. The van der Waals surface area contributed by atoms with Gasteiger partial charge >= 0.3 is 0 Å². The molecule has 0 bridgehead atoms. The molecule has 1 fully saturated rings. The Morgan fingerprint density at radius 3 is 2.47 bits per heavy atom. The molecule has 2 aliphatic rings. The van der Waals surface area contributed by atoms with Crippen LogP contribution in [-0.2, 0) is 16.1 Å². The number of benzene rings is 3. The standard InChI is InChI=1S/C26H22N2O6/c1-32-20-10-8-18(9-11-20)25(30)27(15-17-7-12-22-23(13-17)34-16-33-22)21-14-24(29)28(26(21)31)19-5-3-2-4-6-19/h2-13,21H,14-16H2,1H3. The Balaban J connectivity index is 1.49. The van der Waals surface area contributed by atoms with Gasteiger partial charge in [0.25, 0.3) is 11.8 Å². The molecule has 3 aromatic carbocycles. The predicted octanol–water partition coefficient (Wildman–Crippen LogP) is 3.40. The third-order valence-electron chi connectivity index (χ3n) is 5.90. The second-order valence-corrected chi connectivity index (χ2v) is 7.97. The smallest absolute Gasteiger partial charge is 0.257 e. The van der Waals surface area contributed by atoms with Crippen LogP contribution in [0.2, 0.25) is 0 Å². The van der Waals surface area contributed by atoms with Crippen LogP contribution < -0.4 is 19.1 Å². The van der Waals surface area contributed by atoms with Crippen molar-refractivity contribution >= 4 is 23.4 Å². The van der Waals surface area contributed by atoms with Gasteiger partial charge in [0.15, 0.2) is 11.5 Å². The van der Waals surface area contributed by atoms with E-state index in [1.165, 1.54) is 4.90 Å². The highest BCUT2D eigenvalue weighted by molar-refractivity contribution is 6.23. The van der Waals surface area contributed by atoms with Crippen LogP contribution in [0.4, 0.5) is 5.69 Å². The molecule has 8 heteroatoms. The van der Waals surface area contributed by atoms with Gasteiger partial charge in [0.05, 0.1) is 19.2 Å². The van der Waals surface area contributed by atoms with Gasteiger partial charge in [0.1, 0.15) is 11.8 Å². The van der Waals surface area contributed by atoms with E-state index in [9.17, 15) is 14.4 Å². The number of amides is 3. The third kappa shape index (κ3) is 3.94. The first-order chi connectivity index (χ1) is 16.5. The summed E-state index contributed by atoms with van der Waals surface area (Å²) in [5, 5.41) is 0. The van der Waals surface area contributed by atoms with Crippen molar-refractivity contribution in [2.24, 2.45) is 0 Å². The lowest BCUT2D eigenvalue weighted by Crippen LogP contribution is -2.45. The van der Waals surface area contributed by atoms with Crippen molar-refractivity contribution in [3.05, 3.63) is 83.9 Å². The van der Waals surface area contributed by atoms with E-state index in [0.717, 1.165) is 10.5 Å². The Bertz CT molecular complexity index is 1240. The second-order valence-electron chi connectivity index (χ2n) is 7.97. The molecular weight excluding hydrogens is 436 g/mol. The molecule has 1 unspecified atom stereocenters. The third-order valence-corrected chi connectivity index (χ3v) is 5.90. The summed E-state index contributed by atoms with van der Waals surface area (Å²) < 4.78 is 16.0. The summed E-state index contributed by atoms with van der Waals surface area (Å²) in [5.74, 6) is 0.675. The zero-order valence-electron chi connectivity index (χ0n) is 18.5. The van der Waals surface area contributed by atoms with Crippen molar-refractivity contribution in [2.45, 2.75) is 19.0 Å². The average molecular weight is 458 g/mol. The highest BCUT2D eigenvalue weighted by atomic mass is 16.7. The summed E-state index contributed by atoms with van der Waals surface area (Å²) in [6, 6.07) is 19.8. The Morgan fingerprint density at radius 1 is 1.00 bits per heavy atom. The predicted molar refractivity (Wildman–Crippen MR) is 123 cm³/mol. The van der Waals surface area contributed by atoms with E-state index >= 15 is 0 Å². The van der Waals surface area contributed by atoms with Crippen LogP contribution in [0.15, 0.2) is 72.8 Å². The number of hydrogen-bond acceptors (Lipinski definition) is 6. The molecule has 172 valence electrons. The largest absolute Gasteiger partial charge is 0.497 e. The van der Waals surface area contributed by atoms with Crippen molar-refractivity contribution in [1.82, 2.24) is 4.90 Å². The summed E-state index contributed by atoms with van der Waals surface area (Å²) >= 11 is 0. The van der Waals surface area contributed by atoms with E-state index in [1.807, 2.05) is 12.1 Å². The normalized spacial score (nSPS) is 16.6. The Kier molecular flexibility index (Phi) is 5.63. The number of methoxy groups -OCH3 is 1. The highest BCUT2D eigenvalue weighted by Gasteiger charge is 2.44. The van der Waals surface area contributed by atoms with Gasteiger partial charge < -0.3 is 19.1 Å². The van der Waals surface area contributed by atoms with Crippen LogP contribution in [-0.4, -0.2) is 42.6 Å². The maximum absolute atomic E-state index is 13.6. The molecule has 1 atom stereocenters. The molecule has 1 saturated heterocycles. The van der Waals surface area contributed by atoms with E-state index in [1.54, 1.807) is 67.8 Å². The molecular formula is C26H22N2O6. The molecule has 0 N–H and O–H groups in total. The molecule has 2 heterocycles. The number of rotatable bonds is 6. The SMILES string of the molecule is COc1ccc(C(=O)N(Cc2ccc3c(c2)OCO3)C2CC(=O)N(c3ccccc3)C2=O)cc1. The molecule has 3 aromatic rings. The molecule has 0 spiro atoms. The van der Waals surface area contributed by atoms with Crippen LogP contribution in [0.25, 0.3) is 0 Å². The second kappa shape index (κ2) is 8.90. The number of hydrogen-bond donors (Lipinski definition) is 0. The lowest BCUT2D eigenvalue weighted by Gasteiger charge is -2.28. The van der Waals surface area contributed by atoms with Gasteiger partial charge in [-0.15, -0.1) is 0 Å². The number of para-hydroxylation sites is 1. The summed E-state index contributed by atoms with van der Waals surface area (Å²) in [7, 11) is 1.55. The Labute approximate surface area is 196 Å². The van der Waals surface area contributed by atoms with E-state index < -0.39 is 11.9 Å². The van der Waals surface area contributed by atoms with Crippen molar-refractivity contribution in [2.75, 3.05) is 18.8 Å². The van der Waals surface area contributed by atoms with E-state index in [0.29, 0.717) is 28.5 Å². The first-order valence-corrected chi connectivity index (χ1v) is 10.8.